The fourth-order valence-electron chi connectivity index (χ4n) is 3.89. The fraction of sp³-hybridized carbons (Fsp3) is 0.107. The molecular formula is C28H24N4O4. The highest BCUT2D eigenvalue weighted by Crippen LogP contribution is 2.31. The zero-order valence-corrected chi connectivity index (χ0v) is 19.6. The third kappa shape index (κ3) is 4.97. The van der Waals surface area contributed by atoms with E-state index in [9.17, 15) is 9.59 Å². The van der Waals surface area contributed by atoms with Gasteiger partial charge in [0.1, 0.15) is 17.8 Å². The molecule has 0 aliphatic rings. The van der Waals surface area contributed by atoms with E-state index in [4.69, 9.17) is 9.47 Å². The summed E-state index contributed by atoms with van der Waals surface area (Å²) in [5.74, 6) is 0.461. The number of fused-ring (bicyclic) bond motifs is 1. The lowest BCUT2D eigenvalue weighted by Gasteiger charge is -2.13. The number of methoxy groups -OCH3 is 1. The van der Waals surface area contributed by atoms with E-state index in [0.717, 1.165) is 16.9 Å². The molecule has 0 unspecified atom stereocenters. The predicted octanol–water partition coefficient (Wildman–Crippen LogP) is 4.38. The van der Waals surface area contributed by atoms with Gasteiger partial charge in [0.25, 0.3) is 11.5 Å². The number of nitrogens with one attached hydrogen (secondary N) is 1. The second-order valence-corrected chi connectivity index (χ2v) is 8.15. The summed E-state index contributed by atoms with van der Waals surface area (Å²) in [6, 6.07) is 23.6. The zero-order valence-electron chi connectivity index (χ0n) is 19.6. The number of aromatic nitrogens is 3. The Balaban J connectivity index is 1.32. The average molecular weight is 481 g/mol. The molecule has 3 heterocycles. The van der Waals surface area contributed by atoms with Gasteiger partial charge in [0.2, 0.25) is 0 Å². The summed E-state index contributed by atoms with van der Waals surface area (Å²) in [6.07, 6.45) is 5.48. The van der Waals surface area contributed by atoms with Gasteiger partial charge in [-0.1, -0.05) is 36.4 Å². The van der Waals surface area contributed by atoms with Crippen LogP contribution in [0.4, 0.5) is 5.69 Å². The Morgan fingerprint density at radius 1 is 0.944 bits per heavy atom. The Morgan fingerprint density at radius 2 is 1.78 bits per heavy atom. The van der Waals surface area contributed by atoms with Crippen molar-refractivity contribution in [2.75, 3.05) is 12.4 Å². The summed E-state index contributed by atoms with van der Waals surface area (Å²) < 4.78 is 14.8. The van der Waals surface area contributed by atoms with Crippen LogP contribution in [-0.2, 0) is 13.2 Å². The number of rotatable bonds is 8. The van der Waals surface area contributed by atoms with E-state index < -0.39 is 5.91 Å². The molecule has 0 fully saturated rings. The van der Waals surface area contributed by atoms with Gasteiger partial charge >= 0.3 is 0 Å². The normalized spacial score (nSPS) is 10.8. The molecule has 5 aromatic rings. The summed E-state index contributed by atoms with van der Waals surface area (Å²) in [5.41, 5.74) is 2.71. The van der Waals surface area contributed by atoms with Crippen LogP contribution in [0, 0.1) is 0 Å². The minimum absolute atomic E-state index is 0.0522. The predicted molar refractivity (Wildman–Crippen MR) is 137 cm³/mol. The Hall–Kier alpha value is -4.85. The molecule has 0 saturated carbocycles. The highest BCUT2D eigenvalue weighted by atomic mass is 16.5. The quantitative estimate of drug-likeness (QED) is 0.356. The molecule has 180 valence electrons. The molecule has 3 aromatic heterocycles. The first-order valence-electron chi connectivity index (χ1n) is 11.4. The monoisotopic (exact) mass is 480 g/mol. The molecule has 0 aliphatic carbocycles. The zero-order chi connectivity index (χ0) is 24.9. The second kappa shape index (κ2) is 10.2. The van der Waals surface area contributed by atoms with E-state index in [-0.39, 0.29) is 17.7 Å². The van der Waals surface area contributed by atoms with E-state index in [0.29, 0.717) is 23.7 Å². The van der Waals surface area contributed by atoms with Crippen molar-refractivity contribution in [2.45, 2.75) is 13.2 Å². The summed E-state index contributed by atoms with van der Waals surface area (Å²) in [4.78, 5) is 30.5. The maximum atomic E-state index is 13.0. The van der Waals surface area contributed by atoms with Crippen LogP contribution in [0.3, 0.4) is 0 Å². The van der Waals surface area contributed by atoms with Crippen molar-refractivity contribution >= 4 is 17.2 Å². The molecule has 0 spiro atoms. The van der Waals surface area contributed by atoms with Crippen LogP contribution in [0.15, 0.2) is 102 Å². The highest BCUT2D eigenvalue weighted by molar-refractivity contribution is 6.04. The number of carbonyl (C=O) groups excluding carboxylic acids is 1. The van der Waals surface area contributed by atoms with Crippen molar-refractivity contribution in [3.8, 4) is 11.5 Å². The molecule has 8 heteroatoms. The lowest BCUT2D eigenvalue weighted by atomic mass is 10.2. The maximum absolute atomic E-state index is 13.0. The van der Waals surface area contributed by atoms with E-state index in [2.05, 4.69) is 10.3 Å². The first kappa shape index (κ1) is 22.9. The van der Waals surface area contributed by atoms with E-state index in [1.54, 1.807) is 37.6 Å². The van der Waals surface area contributed by atoms with Gasteiger partial charge in [-0.15, -0.1) is 0 Å². The van der Waals surface area contributed by atoms with Crippen LogP contribution < -0.4 is 20.3 Å². The van der Waals surface area contributed by atoms with Crippen molar-refractivity contribution < 1.29 is 14.3 Å². The molecule has 0 atom stereocenters. The van der Waals surface area contributed by atoms with Gasteiger partial charge in [0.05, 0.1) is 19.3 Å². The summed E-state index contributed by atoms with van der Waals surface area (Å²) >= 11 is 0. The number of carbonyl (C=O) groups is 1. The summed E-state index contributed by atoms with van der Waals surface area (Å²) in [5, 5.41) is 2.79. The van der Waals surface area contributed by atoms with Crippen molar-refractivity contribution in [1.82, 2.24) is 14.0 Å². The smallest absolute Gasteiger partial charge is 0.263 e. The third-order valence-corrected chi connectivity index (χ3v) is 5.67. The Kier molecular flexibility index (Phi) is 6.48. The maximum Gasteiger partial charge on any atom is 0.263 e. The van der Waals surface area contributed by atoms with Gasteiger partial charge in [0.15, 0.2) is 11.5 Å². The molecule has 1 N–H and O–H groups in total. The van der Waals surface area contributed by atoms with Crippen molar-refractivity contribution in [1.29, 1.82) is 0 Å². The van der Waals surface area contributed by atoms with Crippen LogP contribution in [0.2, 0.25) is 0 Å². The number of ether oxygens (including phenoxy) is 2. The molecule has 2 aromatic carbocycles. The molecule has 36 heavy (non-hydrogen) atoms. The topological polar surface area (TPSA) is 86.9 Å². The van der Waals surface area contributed by atoms with Crippen molar-refractivity contribution in [3.63, 3.8) is 0 Å². The van der Waals surface area contributed by atoms with Crippen LogP contribution in [0.5, 0.6) is 11.5 Å². The lowest BCUT2D eigenvalue weighted by molar-refractivity contribution is 0.102. The minimum atomic E-state index is -0.501. The Morgan fingerprint density at radius 3 is 2.58 bits per heavy atom. The van der Waals surface area contributed by atoms with Gasteiger partial charge in [-0.05, 0) is 42.0 Å². The number of pyridine rings is 2. The summed E-state index contributed by atoms with van der Waals surface area (Å²) in [7, 11) is 1.55. The molecule has 0 radical (unpaired) electrons. The first-order valence-corrected chi connectivity index (χ1v) is 11.4. The molecule has 5 rings (SSSR count). The number of hydrogen-bond donors (Lipinski definition) is 1. The van der Waals surface area contributed by atoms with Crippen molar-refractivity contribution in [3.05, 3.63) is 125 Å². The van der Waals surface area contributed by atoms with Crippen LogP contribution in [-0.4, -0.2) is 27.0 Å². The van der Waals surface area contributed by atoms with Crippen LogP contribution >= 0.6 is 0 Å². The van der Waals surface area contributed by atoms with Gasteiger partial charge in [-0.3, -0.25) is 9.59 Å². The van der Waals surface area contributed by atoms with E-state index in [1.165, 1.54) is 10.6 Å². The molecule has 8 nitrogen and oxygen atoms in total. The van der Waals surface area contributed by atoms with E-state index in [1.807, 2.05) is 65.3 Å². The fourth-order valence-corrected chi connectivity index (χ4v) is 3.89. The van der Waals surface area contributed by atoms with Crippen molar-refractivity contribution in [2.24, 2.45) is 0 Å². The molecule has 0 aliphatic heterocycles. The molecule has 1 amide bonds. The number of imidazole rings is 1. The Labute approximate surface area is 207 Å². The largest absolute Gasteiger partial charge is 0.493 e. The SMILES string of the molecule is COc1ccc(NC(=O)c2cccn(Cc3ccccc3)c2=O)cc1OCc1cn2ccccc2n1. The second-order valence-electron chi connectivity index (χ2n) is 8.15. The van der Waals surface area contributed by atoms with Crippen LogP contribution in [0.1, 0.15) is 21.6 Å². The number of nitrogens with zero attached hydrogens (tertiary/aromatic N) is 3. The Bertz CT molecular complexity index is 1540. The van der Waals surface area contributed by atoms with Gasteiger partial charge in [-0.25, -0.2) is 4.98 Å². The molecule has 0 saturated heterocycles. The van der Waals surface area contributed by atoms with E-state index >= 15 is 0 Å². The average Bonchev–Trinajstić information content (AvgIpc) is 3.32. The minimum Gasteiger partial charge on any atom is -0.493 e. The van der Waals surface area contributed by atoms with Gasteiger partial charge < -0.3 is 23.8 Å². The first-order chi connectivity index (χ1) is 17.6. The van der Waals surface area contributed by atoms with Gasteiger partial charge in [-0.2, -0.15) is 0 Å². The number of hydrogen-bond acceptors (Lipinski definition) is 5. The summed E-state index contributed by atoms with van der Waals surface area (Å²) in [6.45, 7) is 0.600. The standard InChI is InChI=1S/C28H24N4O4/c1-35-24-13-12-21(16-25(24)36-19-22-18-31-14-6-5-11-26(31)29-22)30-27(33)23-10-7-15-32(28(23)34)17-20-8-3-2-4-9-20/h2-16,18H,17,19H2,1H3,(H,30,33). The van der Waals surface area contributed by atoms with Gasteiger partial charge in [0, 0.05) is 30.3 Å². The number of benzene rings is 2. The molecular weight excluding hydrogens is 456 g/mol. The third-order valence-electron chi connectivity index (χ3n) is 5.67. The van der Waals surface area contributed by atoms with Crippen LogP contribution in [0.25, 0.3) is 5.65 Å². The number of anilines is 1. The highest BCUT2D eigenvalue weighted by Gasteiger charge is 2.15. The number of amides is 1. The molecule has 0 bridgehead atoms. The lowest BCUT2D eigenvalue weighted by Crippen LogP contribution is -2.29.